The van der Waals surface area contributed by atoms with Crippen LogP contribution in [0, 0.1) is 0 Å². The van der Waals surface area contributed by atoms with Crippen LogP contribution >= 0.6 is 15.9 Å². The van der Waals surface area contributed by atoms with Crippen LogP contribution in [-0.2, 0) is 20.9 Å². The highest BCUT2D eigenvalue weighted by molar-refractivity contribution is 9.10. The fourth-order valence-electron chi connectivity index (χ4n) is 2.21. The maximum absolute atomic E-state index is 11.5. The number of nitrogens with zero attached hydrogens (tertiary/aromatic N) is 1. The monoisotopic (exact) mass is 355 g/mol. The number of methoxy groups -OCH3 is 1. The SMILES string of the molecule is COCCNCc1cc(Br)ccc1N1CC(=O)NC(=O)C1. The Bertz CT molecular complexity index is 520. The third-order valence-corrected chi connectivity index (χ3v) is 3.62. The molecule has 6 nitrogen and oxygen atoms in total. The van der Waals surface area contributed by atoms with Gasteiger partial charge in [0.2, 0.25) is 11.8 Å². The van der Waals surface area contributed by atoms with Crippen molar-refractivity contribution in [2.24, 2.45) is 0 Å². The van der Waals surface area contributed by atoms with E-state index in [1.165, 1.54) is 0 Å². The first-order valence-corrected chi connectivity index (χ1v) is 7.45. The van der Waals surface area contributed by atoms with Crippen molar-refractivity contribution in [2.75, 3.05) is 38.3 Å². The second kappa shape index (κ2) is 7.53. The number of amides is 2. The van der Waals surface area contributed by atoms with Crippen LogP contribution in [0.5, 0.6) is 0 Å². The van der Waals surface area contributed by atoms with E-state index in [9.17, 15) is 9.59 Å². The van der Waals surface area contributed by atoms with Gasteiger partial charge in [-0.3, -0.25) is 14.9 Å². The zero-order chi connectivity index (χ0) is 15.2. The lowest BCUT2D eigenvalue weighted by molar-refractivity contribution is -0.130. The lowest BCUT2D eigenvalue weighted by Crippen LogP contribution is -2.51. The summed E-state index contributed by atoms with van der Waals surface area (Å²) in [6.07, 6.45) is 0. The third kappa shape index (κ3) is 4.52. The Morgan fingerprint density at radius 3 is 2.71 bits per heavy atom. The molecular weight excluding hydrogens is 338 g/mol. The molecule has 0 atom stereocenters. The first kappa shape index (κ1) is 15.9. The predicted octanol–water partition coefficient (Wildman–Crippen LogP) is 0.648. The molecule has 2 N–H and O–H groups in total. The zero-order valence-corrected chi connectivity index (χ0v) is 13.4. The van der Waals surface area contributed by atoms with E-state index in [2.05, 4.69) is 26.6 Å². The minimum absolute atomic E-state index is 0.193. The van der Waals surface area contributed by atoms with Gasteiger partial charge in [-0.05, 0) is 23.8 Å². The second-order valence-corrected chi connectivity index (χ2v) is 5.69. The van der Waals surface area contributed by atoms with Crippen molar-refractivity contribution in [3.63, 3.8) is 0 Å². The van der Waals surface area contributed by atoms with Gasteiger partial charge in [0.1, 0.15) is 0 Å². The van der Waals surface area contributed by atoms with E-state index in [1.807, 2.05) is 18.2 Å². The molecule has 1 aliphatic rings. The normalized spacial score (nSPS) is 15.2. The van der Waals surface area contributed by atoms with Gasteiger partial charge in [0.05, 0.1) is 19.7 Å². The van der Waals surface area contributed by atoms with Crippen LogP contribution in [0.2, 0.25) is 0 Å². The lowest BCUT2D eigenvalue weighted by atomic mass is 10.1. The molecule has 7 heteroatoms. The van der Waals surface area contributed by atoms with Gasteiger partial charge in [-0.2, -0.15) is 0 Å². The van der Waals surface area contributed by atoms with Crippen LogP contribution < -0.4 is 15.5 Å². The van der Waals surface area contributed by atoms with Crippen LogP contribution in [-0.4, -0.2) is 45.2 Å². The zero-order valence-electron chi connectivity index (χ0n) is 11.8. The summed E-state index contributed by atoms with van der Waals surface area (Å²) in [5, 5.41) is 5.58. The second-order valence-electron chi connectivity index (χ2n) is 4.77. The number of piperazine rings is 1. The Kier molecular flexibility index (Phi) is 5.72. The largest absolute Gasteiger partial charge is 0.383 e. The minimum Gasteiger partial charge on any atom is -0.383 e. The molecule has 0 spiro atoms. The third-order valence-electron chi connectivity index (χ3n) is 3.13. The van der Waals surface area contributed by atoms with Crippen molar-refractivity contribution < 1.29 is 14.3 Å². The Morgan fingerprint density at radius 2 is 2.05 bits per heavy atom. The number of rotatable bonds is 6. The number of nitrogens with one attached hydrogen (secondary N) is 2. The van der Waals surface area contributed by atoms with Crippen LogP contribution in [0.15, 0.2) is 22.7 Å². The average molecular weight is 356 g/mol. The summed E-state index contributed by atoms with van der Waals surface area (Å²) in [6.45, 7) is 2.40. The van der Waals surface area contributed by atoms with E-state index in [-0.39, 0.29) is 24.9 Å². The minimum atomic E-state index is -0.271. The van der Waals surface area contributed by atoms with E-state index in [4.69, 9.17) is 4.74 Å². The number of ether oxygens (including phenoxy) is 1. The first-order chi connectivity index (χ1) is 10.1. The maximum Gasteiger partial charge on any atom is 0.246 e. The molecule has 1 saturated heterocycles. The lowest BCUT2D eigenvalue weighted by Gasteiger charge is -2.29. The van der Waals surface area contributed by atoms with E-state index in [1.54, 1.807) is 12.0 Å². The van der Waals surface area contributed by atoms with Crippen LogP contribution in [0.1, 0.15) is 5.56 Å². The Hall–Kier alpha value is -1.44. The fraction of sp³-hybridized carbons (Fsp3) is 0.429. The molecule has 2 amide bonds. The molecule has 1 aromatic rings. The topological polar surface area (TPSA) is 70.7 Å². The number of imide groups is 1. The van der Waals surface area contributed by atoms with Crippen LogP contribution in [0.4, 0.5) is 5.69 Å². The van der Waals surface area contributed by atoms with E-state index in [0.717, 1.165) is 22.3 Å². The molecule has 1 heterocycles. The highest BCUT2D eigenvalue weighted by Crippen LogP contribution is 2.25. The predicted molar refractivity (Wildman–Crippen MR) is 83.1 cm³/mol. The summed E-state index contributed by atoms with van der Waals surface area (Å²) in [5.41, 5.74) is 1.93. The number of carbonyl (C=O) groups excluding carboxylic acids is 2. The number of anilines is 1. The van der Waals surface area contributed by atoms with Crippen molar-refractivity contribution in [1.29, 1.82) is 0 Å². The molecule has 0 aromatic heterocycles. The summed E-state index contributed by atoms with van der Waals surface area (Å²) in [4.78, 5) is 24.8. The van der Waals surface area contributed by atoms with Gasteiger partial charge in [0.15, 0.2) is 0 Å². The number of carbonyl (C=O) groups is 2. The molecule has 0 saturated carbocycles. The molecule has 0 aliphatic carbocycles. The smallest absolute Gasteiger partial charge is 0.246 e. The van der Waals surface area contributed by atoms with Crippen molar-refractivity contribution in [3.05, 3.63) is 28.2 Å². The van der Waals surface area contributed by atoms with Crippen LogP contribution in [0.25, 0.3) is 0 Å². The quantitative estimate of drug-likeness (QED) is 0.579. The number of hydrogen-bond acceptors (Lipinski definition) is 5. The molecule has 0 radical (unpaired) electrons. The molecule has 0 unspecified atom stereocenters. The molecular formula is C14H18BrN3O3. The molecule has 21 heavy (non-hydrogen) atoms. The maximum atomic E-state index is 11.5. The summed E-state index contributed by atoms with van der Waals surface area (Å²) < 4.78 is 5.96. The molecule has 1 fully saturated rings. The number of hydrogen-bond donors (Lipinski definition) is 2. The molecule has 1 aromatic carbocycles. The molecule has 0 bridgehead atoms. The molecule has 1 aliphatic heterocycles. The summed E-state index contributed by atoms with van der Waals surface area (Å²) in [5.74, 6) is -0.542. The van der Waals surface area contributed by atoms with Gasteiger partial charge >= 0.3 is 0 Å². The summed E-state index contributed by atoms with van der Waals surface area (Å²) in [6, 6.07) is 5.82. The van der Waals surface area contributed by atoms with E-state index in [0.29, 0.717) is 13.2 Å². The Balaban J connectivity index is 2.13. The van der Waals surface area contributed by atoms with Gasteiger partial charge < -0.3 is 15.0 Å². The summed E-state index contributed by atoms with van der Waals surface area (Å²) in [7, 11) is 1.66. The van der Waals surface area contributed by atoms with Crippen molar-refractivity contribution >= 4 is 33.4 Å². The van der Waals surface area contributed by atoms with Crippen molar-refractivity contribution in [2.45, 2.75) is 6.54 Å². The molecule has 114 valence electrons. The number of halogens is 1. The van der Waals surface area contributed by atoms with Crippen molar-refractivity contribution in [1.82, 2.24) is 10.6 Å². The number of benzene rings is 1. The van der Waals surface area contributed by atoms with E-state index < -0.39 is 0 Å². The Labute approximate surface area is 132 Å². The van der Waals surface area contributed by atoms with Crippen LogP contribution in [0.3, 0.4) is 0 Å². The van der Waals surface area contributed by atoms with Crippen molar-refractivity contribution in [3.8, 4) is 0 Å². The average Bonchev–Trinajstić information content (AvgIpc) is 2.42. The van der Waals surface area contributed by atoms with E-state index >= 15 is 0 Å². The highest BCUT2D eigenvalue weighted by Gasteiger charge is 2.24. The van der Waals surface area contributed by atoms with Gasteiger partial charge in [-0.15, -0.1) is 0 Å². The first-order valence-electron chi connectivity index (χ1n) is 6.66. The fourth-order valence-corrected chi connectivity index (χ4v) is 2.62. The standard InChI is InChI=1S/C14H18BrN3O3/c1-21-5-4-16-7-10-6-11(15)2-3-12(10)18-8-13(19)17-14(20)9-18/h2-3,6,16H,4-5,7-9H2,1H3,(H,17,19,20). The van der Waals surface area contributed by atoms with Gasteiger partial charge in [0.25, 0.3) is 0 Å². The van der Waals surface area contributed by atoms with Gasteiger partial charge in [-0.25, -0.2) is 0 Å². The van der Waals surface area contributed by atoms with Gasteiger partial charge in [0, 0.05) is 30.4 Å². The summed E-state index contributed by atoms with van der Waals surface area (Å²) >= 11 is 3.45. The van der Waals surface area contributed by atoms with Gasteiger partial charge in [-0.1, -0.05) is 15.9 Å². The Morgan fingerprint density at radius 1 is 1.33 bits per heavy atom. The highest BCUT2D eigenvalue weighted by atomic mass is 79.9. The molecule has 2 rings (SSSR count).